The Balaban J connectivity index is 1.48. The van der Waals surface area contributed by atoms with Crippen LogP contribution in [0.1, 0.15) is 32.4 Å². The molecule has 0 aliphatic carbocycles. The SMILES string of the molecule is C[C@H](C[C@H](C)n1c2ccccc2c2ccccc21)n1c2ccccc2c2ccccc21. The van der Waals surface area contributed by atoms with E-state index in [1.54, 1.807) is 0 Å². The van der Waals surface area contributed by atoms with Crippen molar-refractivity contribution in [2.45, 2.75) is 32.4 Å². The van der Waals surface area contributed by atoms with E-state index < -0.39 is 0 Å². The Morgan fingerprint density at radius 1 is 0.452 bits per heavy atom. The van der Waals surface area contributed by atoms with Crippen LogP contribution in [0, 0.1) is 0 Å². The van der Waals surface area contributed by atoms with Gasteiger partial charge in [-0.15, -0.1) is 0 Å². The lowest BCUT2D eigenvalue weighted by atomic mass is 10.1. The summed E-state index contributed by atoms with van der Waals surface area (Å²) >= 11 is 0. The lowest BCUT2D eigenvalue weighted by Crippen LogP contribution is -2.13. The zero-order chi connectivity index (χ0) is 20.9. The van der Waals surface area contributed by atoms with Crippen molar-refractivity contribution in [1.29, 1.82) is 0 Å². The Morgan fingerprint density at radius 3 is 1.00 bits per heavy atom. The van der Waals surface area contributed by atoms with E-state index in [1.807, 2.05) is 0 Å². The summed E-state index contributed by atoms with van der Waals surface area (Å²) < 4.78 is 5.07. The maximum atomic E-state index is 2.54. The van der Waals surface area contributed by atoms with Crippen LogP contribution < -0.4 is 0 Å². The van der Waals surface area contributed by atoms with Crippen molar-refractivity contribution in [3.63, 3.8) is 0 Å². The highest BCUT2D eigenvalue weighted by molar-refractivity contribution is 6.09. The molecule has 152 valence electrons. The van der Waals surface area contributed by atoms with Crippen molar-refractivity contribution in [3.05, 3.63) is 97.1 Å². The molecule has 0 aliphatic heterocycles. The maximum Gasteiger partial charge on any atom is 0.0493 e. The second-order valence-electron chi connectivity index (χ2n) is 8.74. The molecule has 31 heavy (non-hydrogen) atoms. The molecule has 0 spiro atoms. The average molecular weight is 403 g/mol. The van der Waals surface area contributed by atoms with E-state index in [0.29, 0.717) is 12.1 Å². The van der Waals surface area contributed by atoms with Gasteiger partial charge >= 0.3 is 0 Å². The molecule has 0 saturated carbocycles. The standard InChI is InChI=1S/C29H26N2/c1-20(30-26-15-7-3-11-22(26)23-12-4-8-16-27(23)30)19-21(2)31-28-17-9-5-13-24(28)25-14-6-10-18-29(25)31/h3-18,20-21H,19H2,1-2H3/t20-,21+. The zero-order valence-corrected chi connectivity index (χ0v) is 18.0. The average Bonchev–Trinajstić information content (AvgIpc) is 3.32. The minimum atomic E-state index is 0.375. The van der Waals surface area contributed by atoms with Crippen LogP contribution >= 0.6 is 0 Å². The third-order valence-corrected chi connectivity index (χ3v) is 6.80. The van der Waals surface area contributed by atoms with Gasteiger partial charge in [0.25, 0.3) is 0 Å². The summed E-state index contributed by atoms with van der Waals surface area (Å²) in [5.74, 6) is 0. The Hall–Kier alpha value is -3.52. The second-order valence-corrected chi connectivity index (χ2v) is 8.74. The van der Waals surface area contributed by atoms with Gasteiger partial charge in [-0.05, 0) is 44.5 Å². The van der Waals surface area contributed by atoms with Crippen molar-refractivity contribution < 1.29 is 0 Å². The van der Waals surface area contributed by atoms with Gasteiger partial charge in [0.15, 0.2) is 0 Å². The minimum absolute atomic E-state index is 0.375. The molecule has 2 heterocycles. The van der Waals surface area contributed by atoms with Crippen LogP contribution in [-0.2, 0) is 0 Å². The fraction of sp³-hybridized carbons (Fsp3) is 0.172. The lowest BCUT2D eigenvalue weighted by molar-refractivity contribution is 0.426. The van der Waals surface area contributed by atoms with E-state index in [9.17, 15) is 0 Å². The third-order valence-electron chi connectivity index (χ3n) is 6.80. The molecule has 0 unspecified atom stereocenters. The largest absolute Gasteiger partial charge is 0.338 e. The molecule has 2 atom stereocenters. The van der Waals surface area contributed by atoms with Gasteiger partial charge < -0.3 is 9.13 Å². The number of fused-ring (bicyclic) bond motifs is 6. The van der Waals surface area contributed by atoms with Gasteiger partial charge in [0.05, 0.1) is 0 Å². The fourth-order valence-electron chi connectivity index (χ4n) is 5.56. The van der Waals surface area contributed by atoms with Crippen LogP contribution in [0.15, 0.2) is 97.1 Å². The highest BCUT2D eigenvalue weighted by Gasteiger charge is 2.20. The fourth-order valence-corrected chi connectivity index (χ4v) is 5.56. The number of benzene rings is 4. The molecule has 0 fully saturated rings. The van der Waals surface area contributed by atoms with Crippen LogP contribution in [0.25, 0.3) is 43.6 Å². The summed E-state index contributed by atoms with van der Waals surface area (Å²) in [6.07, 6.45) is 1.06. The minimum Gasteiger partial charge on any atom is -0.338 e. The molecule has 2 nitrogen and oxygen atoms in total. The van der Waals surface area contributed by atoms with E-state index in [-0.39, 0.29) is 0 Å². The van der Waals surface area contributed by atoms with Crippen molar-refractivity contribution in [2.24, 2.45) is 0 Å². The van der Waals surface area contributed by atoms with E-state index in [1.165, 1.54) is 43.6 Å². The van der Waals surface area contributed by atoms with Gasteiger partial charge in [0, 0.05) is 55.7 Å². The molecule has 0 saturated heterocycles. The predicted octanol–water partition coefficient (Wildman–Crippen LogP) is 8.11. The Kier molecular flexibility index (Phi) is 4.14. The van der Waals surface area contributed by atoms with Gasteiger partial charge in [0.1, 0.15) is 0 Å². The molecule has 4 aromatic carbocycles. The Morgan fingerprint density at radius 2 is 0.710 bits per heavy atom. The number of hydrogen-bond acceptors (Lipinski definition) is 0. The van der Waals surface area contributed by atoms with Gasteiger partial charge in [-0.1, -0.05) is 72.8 Å². The highest BCUT2D eigenvalue weighted by Crippen LogP contribution is 2.37. The predicted molar refractivity (Wildman–Crippen MR) is 133 cm³/mol. The van der Waals surface area contributed by atoms with E-state index in [0.717, 1.165) is 6.42 Å². The molecule has 6 rings (SSSR count). The topological polar surface area (TPSA) is 9.86 Å². The third kappa shape index (κ3) is 2.71. The number of para-hydroxylation sites is 4. The smallest absolute Gasteiger partial charge is 0.0493 e. The summed E-state index contributed by atoms with van der Waals surface area (Å²) in [7, 11) is 0. The molecule has 2 aromatic heterocycles. The van der Waals surface area contributed by atoms with Crippen molar-refractivity contribution in [2.75, 3.05) is 0 Å². The summed E-state index contributed by atoms with van der Waals surface area (Å²) in [5.41, 5.74) is 5.30. The van der Waals surface area contributed by atoms with Gasteiger partial charge in [-0.2, -0.15) is 0 Å². The van der Waals surface area contributed by atoms with E-state index >= 15 is 0 Å². The maximum absolute atomic E-state index is 2.54. The molecule has 0 bridgehead atoms. The number of aromatic nitrogens is 2. The van der Waals surface area contributed by atoms with Crippen molar-refractivity contribution in [1.82, 2.24) is 9.13 Å². The quantitative estimate of drug-likeness (QED) is 0.282. The van der Waals surface area contributed by atoms with Crippen LogP contribution in [0.5, 0.6) is 0 Å². The highest BCUT2D eigenvalue weighted by atomic mass is 15.1. The van der Waals surface area contributed by atoms with Crippen LogP contribution in [-0.4, -0.2) is 9.13 Å². The molecule has 0 amide bonds. The second kappa shape index (κ2) is 7.02. The zero-order valence-electron chi connectivity index (χ0n) is 18.0. The van der Waals surface area contributed by atoms with Crippen LogP contribution in [0.3, 0.4) is 0 Å². The van der Waals surface area contributed by atoms with E-state index in [2.05, 4.69) is 120 Å². The molecule has 0 aliphatic rings. The molecule has 6 aromatic rings. The number of hydrogen-bond donors (Lipinski definition) is 0. The first-order valence-corrected chi connectivity index (χ1v) is 11.2. The van der Waals surface area contributed by atoms with Gasteiger partial charge in [-0.3, -0.25) is 0 Å². The molecular weight excluding hydrogens is 376 g/mol. The molecule has 0 N–H and O–H groups in total. The summed E-state index contributed by atoms with van der Waals surface area (Å²) in [4.78, 5) is 0. The first kappa shape index (κ1) is 18.3. The monoisotopic (exact) mass is 402 g/mol. The van der Waals surface area contributed by atoms with Crippen LogP contribution in [0.4, 0.5) is 0 Å². The molecular formula is C29H26N2. The first-order chi connectivity index (χ1) is 15.2. The van der Waals surface area contributed by atoms with Crippen LogP contribution in [0.2, 0.25) is 0 Å². The lowest BCUT2D eigenvalue weighted by Gasteiger charge is -2.23. The van der Waals surface area contributed by atoms with Crippen molar-refractivity contribution in [3.8, 4) is 0 Å². The Labute approximate surface area is 182 Å². The van der Waals surface area contributed by atoms with Gasteiger partial charge in [0.2, 0.25) is 0 Å². The molecule has 0 radical (unpaired) electrons. The normalized spacial score (nSPS) is 14.0. The summed E-state index contributed by atoms with van der Waals surface area (Å²) in [6, 6.07) is 36.0. The Bertz CT molecular complexity index is 1330. The summed E-state index contributed by atoms with van der Waals surface area (Å²) in [5, 5.41) is 5.37. The summed E-state index contributed by atoms with van der Waals surface area (Å²) in [6.45, 7) is 4.73. The van der Waals surface area contributed by atoms with E-state index in [4.69, 9.17) is 0 Å². The number of nitrogens with zero attached hydrogens (tertiary/aromatic N) is 2. The van der Waals surface area contributed by atoms with Crippen molar-refractivity contribution >= 4 is 43.6 Å². The first-order valence-electron chi connectivity index (χ1n) is 11.2. The molecule has 2 heteroatoms. The van der Waals surface area contributed by atoms with Gasteiger partial charge in [-0.25, -0.2) is 0 Å². The number of rotatable bonds is 4.